The van der Waals surface area contributed by atoms with E-state index in [0.29, 0.717) is 13.2 Å². The molecule has 28 heavy (non-hydrogen) atoms. The van der Waals surface area contributed by atoms with Crippen molar-refractivity contribution in [3.8, 4) is 5.75 Å². The lowest BCUT2D eigenvalue weighted by Gasteiger charge is -2.34. The van der Waals surface area contributed by atoms with Crippen LogP contribution in [0.4, 0.5) is 5.69 Å². The van der Waals surface area contributed by atoms with Crippen LogP contribution < -0.4 is 10.1 Å². The van der Waals surface area contributed by atoms with Crippen molar-refractivity contribution >= 4 is 11.6 Å². The van der Waals surface area contributed by atoms with E-state index in [9.17, 15) is 4.79 Å². The van der Waals surface area contributed by atoms with Gasteiger partial charge < -0.3 is 10.1 Å². The van der Waals surface area contributed by atoms with Gasteiger partial charge in [-0.15, -0.1) is 0 Å². The second-order valence-corrected chi connectivity index (χ2v) is 7.57. The summed E-state index contributed by atoms with van der Waals surface area (Å²) in [5, 5.41) is 3.05. The molecule has 1 N–H and O–H groups in total. The van der Waals surface area contributed by atoms with Gasteiger partial charge in [-0.2, -0.15) is 0 Å². The fraction of sp³-hybridized carbons (Fsp3) is 0.435. The molecule has 0 aromatic heterocycles. The fourth-order valence-corrected chi connectivity index (χ4v) is 3.38. The molecule has 1 amide bonds. The van der Waals surface area contributed by atoms with Crippen molar-refractivity contribution in [2.24, 2.45) is 0 Å². The first kappa shape index (κ1) is 20.4. The molecule has 0 spiro atoms. The van der Waals surface area contributed by atoms with E-state index in [1.807, 2.05) is 31.2 Å². The molecule has 150 valence electrons. The highest BCUT2D eigenvalue weighted by molar-refractivity contribution is 5.93. The highest BCUT2D eigenvalue weighted by Crippen LogP contribution is 2.18. The molecular weight excluding hydrogens is 350 g/mol. The molecule has 0 aliphatic carbocycles. The van der Waals surface area contributed by atoms with Gasteiger partial charge in [-0.05, 0) is 50.1 Å². The Kier molecular flexibility index (Phi) is 7.06. The molecule has 5 nitrogen and oxygen atoms in total. The zero-order valence-electron chi connectivity index (χ0n) is 17.2. The topological polar surface area (TPSA) is 44.8 Å². The Morgan fingerprint density at radius 2 is 1.64 bits per heavy atom. The smallest absolute Gasteiger partial charge is 0.238 e. The van der Waals surface area contributed by atoms with Crippen LogP contribution in [0, 0.1) is 20.8 Å². The Balaban J connectivity index is 1.36. The number of aryl methyl sites for hydroxylation is 2. The lowest BCUT2D eigenvalue weighted by atomic mass is 10.1. The molecule has 0 saturated carbocycles. The minimum Gasteiger partial charge on any atom is -0.492 e. The van der Waals surface area contributed by atoms with E-state index in [0.717, 1.165) is 49.7 Å². The Morgan fingerprint density at radius 1 is 0.964 bits per heavy atom. The first-order chi connectivity index (χ1) is 13.5. The number of hydrogen-bond donors (Lipinski definition) is 1. The van der Waals surface area contributed by atoms with Gasteiger partial charge in [0.1, 0.15) is 12.4 Å². The van der Waals surface area contributed by atoms with Crippen LogP contribution in [0.1, 0.15) is 16.7 Å². The maximum absolute atomic E-state index is 12.4. The average Bonchev–Trinajstić information content (AvgIpc) is 2.68. The molecule has 1 aliphatic rings. The summed E-state index contributed by atoms with van der Waals surface area (Å²) in [6.07, 6.45) is 0. The molecule has 1 aliphatic heterocycles. The highest BCUT2D eigenvalue weighted by Gasteiger charge is 2.19. The summed E-state index contributed by atoms with van der Waals surface area (Å²) in [7, 11) is 0. The average molecular weight is 382 g/mol. The molecule has 2 aromatic rings. The second-order valence-electron chi connectivity index (χ2n) is 7.57. The summed E-state index contributed by atoms with van der Waals surface area (Å²) in [6, 6.07) is 14.2. The van der Waals surface area contributed by atoms with Gasteiger partial charge in [-0.25, -0.2) is 0 Å². The van der Waals surface area contributed by atoms with Gasteiger partial charge in [0.05, 0.1) is 6.54 Å². The first-order valence-corrected chi connectivity index (χ1v) is 10.0. The standard InChI is InChI=1S/C23H31N3O2/c1-18-7-9-21(10-8-18)28-16-15-25-11-13-26(14-12-25)17-23(27)24-22-6-4-5-19(2)20(22)3/h4-10H,11-17H2,1-3H3,(H,24,27). The maximum atomic E-state index is 12.4. The molecule has 5 heteroatoms. The molecule has 0 atom stereocenters. The number of nitrogens with one attached hydrogen (secondary N) is 1. The third kappa shape index (κ3) is 5.81. The Hall–Kier alpha value is -2.37. The van der Waals surface area contributed by atoms with Crippen LogP contribution in [0.15, 0.2) is 42.5 Å². The molecule has 2 aromatic carbocycles. The third-order valence-electron chi connectivity index (χ3n) is 5.41. The number of anilines is 1. The van der Waals surface area contributed by atoms with Crippen LogP contribution >= 0.6 is 0 Å². The van der Waals surface area contributed by atoms with Crippen LogP contribution in [-0.2, 0) is 4.79 Å². The number of ether oxygens (including phenoxy) is 1. The van der Waals surface area contributed by atoms with Crippen molar-refractivity contribution in [2.75, 3.05) is 51.2 Å². The van der Waals surface area contributed by atoms with Gasteiger partial charge in [0.2, 0.25) is 5.91 Å². The van der Waals surface area contributed by atoms with Gasteiger partial charge in [-0.1, -0.05) is 29.8 Å². The quantitative estimate of drug-likeness (QED) is 0.800. The van der Waals surface area contributed by atoms with Crippen LogP contribution in [0.3, 0.4) is 0 Å². The van der Waals surface area contributed by atoms with Gasteiger partial charge >= 0.3 is 0 Å². The lowest BCUT2D eigenvalue weighted by molar-refractivity contribution is -0.117. The van der Waals surface area contributed by atoms with Crippen LogP contribution in [0.5, 0.6) is 5.75 Å². The van der Waals surface area contributed by atoms with E-state index in [1.54, 1.807) is 0 Å². The number of benzene rings is 2. The minimum atomic E-state index is 0.0601. The molecular formula is C23H31N3O2. The monoisotopic (exact) mass is 381 g/mol. The van der Waals surface area contributed by atoms with Gasteiger partial charge in [0.25, 0.3) is 0 Å². The predicted octanol–water partition coefficient (Wildman–Crippen LogP) is 3.25. The summed E-state index contributed by atoms with van der Waals surface area (Å²) in [6.45, 7) is 12.0. The van der Waals surface area contributed by atoms with E-state index < -0.39 is 0 Å². The molecule has 0 bridgehead atoms. The second kappa shape index (κ2) is 9.71. The van der Waals surface area contributed by atoms with E-state index in [-0.39, 0.29) is 5.91 Å². The molecule has 1 fully saturated rings. The van der Waals surface area contributed by atoms with Crippen LogP contribution in [0.2, 0.25) is 0 Å². The van der Waals surface area contributed by atoms with Crippen molar-refractivity contribution in [3.63, 3.8) is 0 Å². The Labute approximate surface area is 168 Å². The summed E-state index contributed by atoms with van der Waals surface area (Å²) in [4.78, 5) is 17.0. The third-order valence-corrected chi connectivity index (χ3v) is 5.41. The van der Waals surface area contributed by atoms with Crippen molar-refractivity contribution in [1.82, 2.24) is 9.80 Å². The number of carbonyl (C=O) groups excluding carboxylic acids is 1. The zero-order valence-corrected chi connectivity index (χ0v) is 17.2. The van der Waals surface area contributed by atoms with Crippen molar-refractivity contribution in [3.05, 3.63) is 59.2 Å². The lowest BCUT2D eigenvalue weighted by Crippen LogP contribution is -2.49. The Morgan fingerprint density at radius 3 is 2.36 bits per heavy atom. The van der Waals surface area contributed by atoms with Gasteiger partial charge in [0, 0.05) is 38.4 Å². The van der Waals surface area contributed by atoms with Crippen molar-refractivity contribution < 1.29 is 9.53 Å². The van der Waals surface area contributed by atoms with Crippen molar-refractivity contribution in [1.29, 1.82) is 0 Å². The predicted molar refractivity (Wildman–Crippen MR) is 114 cm³/mol. The maximum Gasteiger partial charge on any atom is 0.238 e. The zero-order chi connectivity index (χ0) is 19.9. The molecule has 1 saturated heterocycles. The highest BCUT2D eigenvalue weighted by atomic mass is 16.5. The van der Waals surface area contributed by atoms with E-state index >= 15 is 0 Å². The first-order valence-electron chi connectivity index (χ1n) is 10.0. The van der Waals surface area contributed by atoms with Crippen LogP contribution in [-0.4, -0.2) is 61.6 Å². The Bertz CT molecular complexity index is 781. The molecule has 1 heterocycles. The number of carbonyl (C=O) groups is 1. The summed E-state index contributed by atoms with van der Waals surface area (Å²) in [5.74, 6) is 0.984. The van der Waals surface area contributed by atoms with Crippen LogP contribution in [0.25, 0.3) is 0 Å². The van der Waals surface area contributed by atoms with E-state index in [2.05, 4.69) is 47.2 Å². The van der Waals surface area contributed by atoms with Gasteiger partial charge in [0.15, 0.2) is 0 Å². The summed E-state index contributed by atoms with van der Waals surface area (Å²) in [5.41, 5.74) is 4.48. The number of nitrogens with zero attached hydrogens (tertiary/aromatic N) is 2. The van der Waals surface area contributed by atoms with E-state index in [1.165, 1.54) is 11.1 Å². The van der Waals surface area contributed by atoms with Crippen molar-refractivity contribution in [2.45, 2.75) is 20.8 Å². The molecule has 0 radical (unpaired) electrons. The number of amides is 1. The molecule has 0 unspecified atom stereocenters. The normalized spacial score (nSPS) is 15.4. The minimum absolute atomic E-state index is 0.0601. The SMILES string of the molecule is Cc1ccc(OCCN2CCN(CC(=O)Nc3cccc(C)c3C)CC2)cc1. The molecule has 3 rings (SSSR count). The van der Waals surface area contributed by atoms with E-state index in [4.69, 9.17) is 4.74 Å². The number of piperazine rings is 1. The summed E-state index contributed by atoms with van der Waals surface area (Å²) >= 11 is 0. The largest absolute Gasteiger partial charge is 0.492 e. The summed E-state index contributed by atoms with van der Waals surface area (Å²) < 4.78 is 5.82. The fourth-order valence-electron chi connectivity index (χ4n) is 3.38. The van der Waals surface area contributed by atoms with Gasteiger partial charge in [-0.3, -0.25) is 14.6 Å². The number of hydrogen-bond acceptors (Lipinski definition) is 4. The number of rotatable bonds is 7.